The van der Waals surface area contributed by atoms with Crippen LogP contribution in [-0.4, -0.2) is 28.7 Å². The predicted octanol–water partition coefficient (Wildman–Crippen LogP) is 0.270. The molecule has 22 heavy (non-hydrogen) atoms. The summed E-state index contributed by atoms with van der Waals surface area (Å²) in [6, 6.07) is 6.16. The third kappa shape index (κ3) is 2.37. The minimum atomic E-state index is -0.863. The van der Waals surface area contributed by atoms with Crippen LogP contribution in [0.3, 0.4) is 0 Å². The zero-order valence-corrected chi connectivity index (χ0v) is 11.8. The third-order valence-corrected chi connectivity index (χ3v) is 3.53. The summed E-state index contributed by atoms with van der Waals surface area (Å²) in [6.45, 7) is 1.76. The van der Waals surface area contributed by atoms with Crippen LogP contribution in [0.2, 0.25) is 0 Å². The van der Waals surface area contributed by atoms with Crippen LogP contribution in [0, 0.1) is 6.92 Å². The molecule has 1 saturated heterocycles. The van der Waals surface area contributed by atoms with Gasteiger partial charge >= 0.3 is 0 Å². The second kappa shape index (κ2) is 5.10. The molecule has 3 rings (SSSR count). The van der Waals surface area contributed by atoms with Crippen molar-refractivity contribution in [3.8, 4) is 0 Å². The molecule has 1 aromatic carbocycles. The van der Waals surface area contributed by atoms with Gasteiger partial charge in [0.25, 0.3) is 5.91 Å². The normalized spacial score (nSPS) is 17.6. The Balaban J connectivity index is 1.99. The van der Waals surface area contributed by atoms with E-state index in [1.807, 2.05) is 0 Å². The number of rotatable bonds is 2. The Morgan fingerprint density at radius 2 is 2.14 bits per heavy atom. The molecule has 2 heterocycles. The summed E-state index contributed by atoms with van der Waals surface area (Å²) < 4.78 is 0. The van der Waals surface area contributed by atoms with Crippen molar-refractivity contribution >= 4 is 34.2 Å². The highest BCUT2D eigenvalue weighted by molar-refractivity contribution is 6.11. The van der Waals surface area contributed by atoms with E-state index in [2.05, 4.69) is 15.6 Å². The number of nitrogen functional groups attached to an aromatic ring is 1. The van der Waals surface area contributed by atoms with Crippen molar-refractivity contribution in [1.29, 1.82) is 0 Å². The van der Waals surface area contributed by atoms with Crippen LogP contribution in [0.25, 0.3) is 10.8 Å². The molecule has 7 heteroatoms. The van der Waals surface area contributed by atoms with E-state index in [-0.39, 0.29) is 12.1 Å². The van der Waals surface area contributed by atoms with Gasteiger partial charge in [0.2, 0.25) is 11.8 Å². The Bertz CT molecular complexity index is 816. The average molecular weight is 298 g/mol. The molecular formula is C15H14N4O3. The lowest BCUT2D eigenvalue weighted by Gasteiger charge is -2.12. The van der Waals surface area contributed by atoms with E-state index in [0.717, 1.165) is 5.39 Å². The second-order valence-electron chi connectivity index (χ2n) is 5.20. The first-order valence-electron chi connectivity index (χ1n) is 6.76. The first-order valence-corrected chi connectivity index (χ1v) is 6.76. The molecule has 0 radical (unpaired) electrons. The Morgan fingerprint density at radius 3 is 2.82 bits per heavy atom. The van der Waals surface area contributed by atoms with Gasteiger partial charge in [-0.3, -0.25) is 19.7 Å². The number of hydrogen-bond acceptors (Lipinski definition) is 5. The number of nitrogens with zero attached hydrogens (tertiary/aromatic N) is 1. The number of aromatic nitrogens is 1. The summed E-state index contributed by atoms with van der Waals surface area (Å²) in [5, 5.41) is 6.02. The van der Waals surface area contributed by atoms with Crippen LogP contribution in [0.1, 0.15) is 22.6 Å². The zero-order chi connectivity index (χ0) is 15.9. The van der Waals surface area contributed by atoms with Crippen LogP contribution in [0.5, 0.6) is 0 Å². The number of nitrogens with two attached hydrogens (primary N) is 1. The Labute approximate surface area is 125 Å². The van der Waals surface area contributed by atoms with Crippen LogP contribution in [-0.2, 0) is 9.59 Å². The predicted molar refractivity (Wildman–Crippen MR) is 79.9 cm³/mol. The number of amides is 3. The molecule has 1 atom stereocenters. The highest BCUT2D eigenvalue weighted by Gasteiger charge is 2.32. The average Bonchev–Trinajstić information content (AvgIpc) is 2.77. The van der Waals surface area contributed by atoms with Gasteiger partial charge in [0.15, 0.2) is 0 Å². The van der Waals surface area contributed by atoms with Crippen molar-refractivity contribution in [2.75, 3.05) is 5.73 Å². The summed E-state index contributed by atoms with van der Waals surface area (Å²) >= 11 is 0. The third-order valence-electron chi connectivity index (χ3n) is 3.53. The van der Waals surface area contributed by atoms with Crippen LogP contribution >= 0.6 is 0 Å². The van der Waals surface area contributed by atoms with Crippen molar-refractivity contribution in [3.63, 3.8) is 0 Å². The largest absolute Gasteiger partial charge is 0.398 e. The molecule has 0 saturated carbocycles. The Morgan fingerprint density at radius 1 is 1.36 bits per heavy atom. The highest BCUT2D eigenvalue weighted by atomic mass is 16.2. The number of benzene rings is 1. The maximum absolute atomic E-state index is 12.4. The standard InChI is InChI=1S/C15H14N4O3/c1-7-5-9-8(3-2-4-10(9)16)13(17-7)15(22)18-11-6-12(20)19-14(11)21/h2-5,11H,6,16H2,1H3,(H,18,22)(H,19,20,21). The van der Waals surface area contributed by atoms with E-state index >= 15 is 0 Å². The van der Waals surface area contributed by atoms with E-state index in [0.29, 0.717) is 16.8 Å². The smallest absolute Gasteiger partial charge is 0.271 e. The first kappa shape index (κ1) is 14.0. The van der Waals surface area contributed by atoms with Gasteiger partial charge in [0, 0.05) is 22.2 Å². The molecule has 1 aromatic heterocycles. The van der Waals surface area contributed by atoms with E-state index in [1.54, 1.807) is 31.2 Å². The molecule has 1 aliphatic heterocycles. The van der Waals surface area contributed by atoms with Gasteiger partial charge < -0.3 is 11.1 Å². The molecular weight excluding hydrogens is 284 g/mol. The fraction of sp³-hybridized carbons (Fsp3) is 0.200. The minimum Gasteiger partial charge on any atom is -0.398 e. The monoisotopic (exact) mass is 298 g/mol. The lowest BCUT2D eigenvalue weighted by atomic mass is 10.1. The number of fused-ring (bicyclic) bond motifs is 1. The molecule has 0 aliphatic carbocycles. The summed E-state index contributed by atoms with van der Waals surface area (Å²) in [5.41, 5.74) is 7.31. The number of aryl methyl sites for hydroxylation is 1. The molecule has 0 spiro atoms. The fourth-order valence-corrected chi connectivity index (χ4v) is 2.50. The highest BCUT2D eigenvalue weighted by Crippen LogP contribution is 2.24. The number of nitrogens with one attached hydrogen (secondary N) is 2. The molecule has 1 aliphatic rings. The van der Waals surface area contributed by atoms with Crippen LogP contribution in [0.4, 0.5) is 5.69 Å². The van der Waals surface area contributed by atoms with E-state index in [4.69, 9.17) is 5.73 Å². The Hall–Kier alpha value is -2.96. The van der Waals surface area contributed by atoms with E-state index in [1.165, 1.54) is 0 Å². The van der Waals surface area contributed by atoms with Gasteiger partial charge in [-0.2, -0.15) is 0 Å². The van der Waals surface area contributed by atoms with Crippen LogP contribution < -0.4 is 16.4 Å². The van der Waals surface area contributed by atoms with Crippen molar-refractivity contribution in [2.24, 2.45) is 0 Å². The SMILES string of the molecule is Cc1cc2c(N)cccc2c(C(=O)NC2CC(=O)NC2=O)n1. The van der Waals surface area contributed by atoms with Gasteiger partial charge in [-0.05, 0) is 19.1 Å². The molecule has 112 valence electrons. The van der Waals surface area contributed by atoms with Gasteiger partial charge in [-0.15, -0.1) is 0 Å². The molecule has 4 N–H and O–H groups in total. The maximum atomic E-state index is 12.4. The molecule has 1 unspecified atom stereocenters. The van der Waals surface area contributed by atoms with Crippen LogP contribution in [0.15, 0.2) is 24.3 Å². The summed E-state index contributed by atoms with van der Waals surface area (Å²) in [6.07, 6.45) is -0.0591. The topological polar surface area (TPSA) is 114 Å². The van der Waals surface area contributed by atoms with Gasteiger partial charge in [-0.1, -0.05) is 12.1 Å². The second-order valence-corrected chi connectivity index (χ2v) is 5.20. The summed E-state index contributed by atoms with van der Waals surface area (Å²) in [7, 11) is 0. The summed E-state index contributed by atoms with van der Waals surface area (Å²) in [5.74, 6) is -1.41. The Kier molecular flexibility index (Phi) is 3.25. The van der Waals surface area contributed by atoms with Crippen molar-refractivity contribution in [3.05, 3.63) is 35.7 Å². The molecule has 1 fully saturated rings. The zero-order valence-electron chi connectivity index (χ0n) is 11.8. The van der Waals surface area contributed by atoms with Crippen molar-refractivity contribution in [2.45, 2.75) is 19.4 Å². The lowest BCUT2D eigenvalue weighted by Crippen LogP contribution is -2.40. The van der Waals surface area contributed by atoms with Gasteiger partial charge in [-0.25, -0.2) is 4.98 Å². The molecule has 7 nitrogen and oxygen atoms in total. The quantitative estimate of drug-likeness (QED) is 0.544. The van der Waals surface area contributed by atoms with Crippen molar-refractivity contribution in [1.82, 2.24) is 15.6 Å². The van der Waals surface area contributed by atoms with Gasteiger partial charge in [0.05, 0.1) is 6.42 Å². The number of carbonyl (C=O) groups is 3. The fourth-order valence-electron chi connectivity index (χ4n) is 2.50. The number of anilines is 1. The summed E-state index contributed by atoms with van der Waals surface area (Å²) in [4.78, 5) is 39.4. The number of pyridine rings is 1. The van der Waals surface area contributed by atoms with E-state index < -0.39 is 23.8 Å². The van der Waals surface area contributed by atoms with Crippen molar-refractivity contribution < 1.29 is 14.4 Å². The number of imide groups is 1. The van der Waals surface area contributed by atoms with E-state index in [9.17, 15) is 14.4 Å². The molecule has 0 bridgehead atoms. The minimum absolute atomic E-state index is 0.0591. The molecule has 3 amide bonds. The maximum Gasteiger partial charge on any atom is 0.271 e. The first-order chi connectivity index (χ1) is 10.5. The lowest BCUT2D eigenvalue weighted by molar-refractivity contribution is -0.125. The number of hydrogen-bond donors (Lipinski definition) is 3. The van der Waals surface area contributed by atoms with Gasteiger partial charge in [0.1, 0.15) is 11.7 Å². The number of carbonyl (C=O) groups excluding carboxylic acids is 3. The molecule has 2 aromatic rings.